The zero-order valence-electron chi connectivity index (χ0n) is 11.9. The Morgan fingerprint density at radius 1 is 0.588 bits per heavy atom. The molecule has 17 heavy (non-hydrogen) atoms. The molecule has 0 nitrogen and oxygen atoms in total. The van der Waals surface area contributed by atoms with Crippen LogP contribution in [-0.2, 0) is 0 Å². The molecule has 0 saturated carbocycles. The van der Waals surface area contributed by atoms with Gasteiger partial charge in [-0.15, -0.1) is 0 Å². The van der Waals surface area contributed by atoms with Gasteiger partial charge in [-0.25, -0.2) is 0 Å². The molecule has 0 aromatic rings. The molecule has 0 fully saturated rings. The van der Waals surface area contributed by atoms with E-state index in [1.165, 1.54) is 83.5 Å². The normalized spacial score (nSPS) is 10.4. The molecule has 0 spiro atoms. The summed E-state index contributed by atoms with van der Waals surface area (Å²) >= 11 is 0. The second kappa shape index (κ2) is 15.6. The third-order valence-electron chi connectivity index (χ3n) is 3.41. The van der Waals surface area contributed by atoms with Crippen molar-refractivity contribution in [1.82, 2.24) is 0 Å². The summed E-state index contributed by atoms with van der Waals surface area (Å²) in [5, 5.41) is 0. The maximum absolute atomic E-state index is 6.81. The summed E-state index contributed by atoms with van der Waals surface area (Å²) in [7, 11) is 0. The minimum absolute atomic E-state index is 0.859. The van der Waals surface area contributed by atoms with E-state index in [9.17, 15) is 0 Å². The summed E-state index contributed by atoms with van der Waals surface area (Å²) in [6.07, 6.45) is 25.8. The van der Waals surface area contributed by atoms with E-state index in [0.717, 1.165) is 6.42 Å². The van der Waals surface area contributed by atoms with E-state index in [2.05, 4.69) is 12.8 Å². The predicted octanol–water partition coefficient (Wildman–Crippen LogP) is 6.06. The topological polar surface area (TPSA) is 0 Å². The van der Waals surface area contributed by atoms with Crippen LogP contribution in [0.4, 0.5) is 0 Å². The van der Waals surface area contributed by atoms with Gasteiger partial charge in [0.05, 0.1) is 0 Å². The van der Waals surface area contributed by atoms with Gasteiger partial charge >= 0.3 is 0 Å². The molecule has 0 atom stereocenters. The summed E-state index contributed by atoms with van der Waals surface area (Å²) in [6, 6.07) is 0. The molecule has 99 valence electrons. The molecule has 0 aliphatic heterocycles. The van der Waals surface area contributed by atoms with E-state index in [1.54, 1.807) is 0 Å². The highest BCUT2D eigenvalue weighted by atomic mass is 14.0. The fourth-order valence-corrected chi connectivity index (χ4v) is 2.23. The van der Waals surface area contributed by atoms with E-state index < -0.39 is 0 Å². The zero-order chi connectivity index (χ0) is 12.6. The van der Waals surface area contributed by atoms with Gasteiger partial charge in [-0.2, -0.15) is 0 Å². The summed E-state index contributed by atoms with van der Waals surface area (Å²) in [4.78, 5) is 0. The van der Waals surface area contributed by atoms with Crippen LogP contribution in [0, 0.1) is 12.3 Å². The van der Waals surface area contributed by atoms with Crippen molar-refractivity contribution < 1.29 is 0 Å². The Morgan fingerprint density at radius 2 is 0.941 bits per heavy atom. The third-order valence-corrected chi connectivity index (χ3v) is 3.41. The zero-order valence-corrected chi connectivity index (χ0v) is 11.9. The van der Waals surface area contributed by atoms with Gasteiger partial charge < -0.3 is 0 Å². The second-order valence-electron chi connectivity index (χ2n) is 5.17. The van der Waals surface area contributed by atoms with Crippen molar-refractivity contribution in [2.24, 2.45) is 0 Å². The Bertz CT molecular complexity index is 163. The Balaban J connectivity index is 2.87. The SMILES string of the molecule is [C]#CCCCCCCCCCCCCCCC. The molecule has 0 aromatic heterocycles. The molecule has 0 unspecified atom stereocenters. The number of rotatable bonds is 13. The van der Waals surface area contributed by atoms with E-state index in [0.29, 0.717) is 0 Å². The Hall–Kier alpha value is -0.440. The molecular formula is C17H31. The molecule has 0 bridgehead atoms. The lowest BCUT2D eigenvalue weighted by Crippen LogP contribution is -1.82. The van der Waals surface area contributed by atoms with Crippen LogP contribution in [0.25, 0.3) is 0 Å². The van der Waals surface area contributed by atoms with E-state index in [1.807, 2.05) is 0 Å². The van der Waals surface area contributed by atoms with Crippen molar-refractivity contribution in [2.45, 2.75) is 96.8 Å². The van der Waals surface area contributed by atoms with Crippen LogP contribution in [0.5, 0.6) is 0 Å². The quantitative estimate of drug-likeness (QED) is 0.269. The average Bonchev–Trinajstić information content (AvgIpc) is 2.35. The number of unbranched alkanes of at least 4 members (excludes halogenated alkanes) is 13. The lowest BCUT2D eigenvalue weighted by molar-refractivity contribution is 0.540. The molecule has 0 amide bonds. The standard InChI is InChI=1S/C17H31/c1-3-5-7-9-11-13-15-17-16-14-12-10-8-6-4-2/h3,5-17H2,1H3. The number of hydrogen-bond acceptors (Lipinski definition) is 0. The Morgan fingerprint density at radius 3 is 1.29 bits per heavy atom. The highest BCUT2D eigenvalue weighted by Crippen LogP contribution is 2.12. The molecule has 0 rings (SSSR count). The highest BCUT2D eigenvalue weighted by molar-refractivity contribution is 4.74. The van der Waals surface area contributed by atoms with E-state index in [4.69, 9.17) is 6.42 Å². The molecule has 0 aliphatic rings. The minimum Gasteiger partial charge on any atom is -0.0891 e. The molecule has 0 aliphatic carbocycles. The van der Waals surface area contributed by atoms with Gasteiger partial charge in [-0.1, -0.05) is 89.9 Å². The van der Waals surface area contributed by atoms with Crippen LogP contribution < -0.4 is 0 Å². The van der Waals surface area contributed by atoms with Crippen LogP contribution in [0.15, 0.2) is 0 Å². The lowest BCUT2D eigenvalue weighted by Gasteiger charge is -2.02. The van der Waals surface area contributed by atoms with Crippen LogP contribution >= 0.6 is 0 Å². The maximum Gasteiger partial charge on any atom is 0.00989 e. The van der Waals surface area contributed by atoms with Gasteiger partial charge in [0.25, 0.3) is 0 Å². The highest BCUT2D eigenvalue weighted by Gasteiger charge is 1.93. The summed E-state index contributed by atoms with van der Waals surface area (Å²) in [5.41, 5.74) is 0. The Labute approximate surface area is 110 Å². The van der Waals surface area contributed by atoms with Crippen molar-refractivity contribution in [3.8, 4) is 5.92 Å². The monoisotopic (exact) mass is 235 g/mol. The van der Waals surface area contributed by atoms with Crippen molar-refractivity contribution in [3.05, 3.63) is 6.42 Å². The van der Waals surface area contributed by atoms with Crippen LogP contribution in [0.1, 0.15) is 96.8 Å². The molecule has 1 radical (unpaired) electrons. The molecule has 0 saturated heterocycles. The minimum atomic E-state index is 0.859. The maximum atomic E-state index is 6.81. The molecule has 0 aromatic carbocycles. The van der Waals surface area contributed by atoms with Crippen LogP contribution in [0.2, 0.25) is 0 Å². The van der Waals surface area contributed by atoms with Crippen LogP contribution in [-0.4, -0.2) is 0 Å². The molecule has 0 N–H and O–H groups in total. The first-order valence-corrected chi connectivity index (χ1v) is 7.81. The summed E-state index contributed by atoms with van der Waals surface area (Å²) in [5.74, 6) is 2.46. The third kappa shape index (κ3) is 15.6. The fourth-order valence-electron chi connectivity index (χ4n) is 2.23. The molecular weight excluding hydrogens is 204 g/mol. The predicted molar refractivity (Wildman–Crippen MR) is 77.4 cm³/mol. The van der Waals surface area contributed by atoms with Gasteiger partial charge in [0, 0.05) is 6.42 Å². The average molecular weight is 235 g/mol. The fraction of sp³-hybridized carbons (Fsp3) is 0.882. The van der Waals surface area contributed by atoms with Gasteiger partial charge in [-0.3, -0.25) is 0 Å². The molecule has 0 heterocycles. The first-order valence-electron chi connectivity index (χ1n) is 7.81. The van der Waals surface area contributed by atoms with Gasteiger partial charge in [0.1, 0.15) is 0 Å². The lowest BCUT2D eigenvalue weighted by atomic mass is 10.0. The van der Waals surface area contributed by atoms with Gasteiger partial charge in [-0.05, 0) is 12.8 Å². The van der Waals surface area contributed by atoms with Crippen molar-refractivity contribution in [1.29, 1.82) is 0 Å². The summed E-state index contributed by atoms with van der Waals surface area (Å²) in [6.45, 7) is 2.28. The van der Waals surface area contributed by atoms with Gasteiger partial charge in [0.15, 0.2) is 0 Å². The van der Waals surface area contributed by atoms with Crippen LogP contribution in [0.3, 0.4) is 0 Å². The van der Waals surface area contributed by atoms with Crippen molar-refractivity contribution >= 4 is 0 Å². The van der Waals surface area contributed by atoms with Gasteiger partial charge in [0.2, 0.25) is 0 Å². The number of hydrogen-bond donors (Lipinski definition) is 0. The Kier molecular flexibility index (Phi) is 15.2. The van der Waals surface area contributed by atoms with E-state index >= 15 is 0 Å². The van der Waals surface area contributed by atoms with Crippen molar-refractivity contribution in [3.63, 3.8) is 0 Å². The van der Waals surface area contributed by atoms with E-state index in [-0.39, 0.29) is 0 Å². The van der Waals surface area contributed by atoms with Crippen molar-refractivity contribution in [2.75, 3.05) is 0 Å². The smallest absolute Gasteiger partial charge is 0.00989 e. The first-order chi connectivity index (χ1) is 8.41. The second-order valence-corrected chi connectivity index (χ2v) is 5.17. The summed E-state index contributed by atoms with van der Waals surface area (Å²) < 4.78 is 0. The molecule has 0 heteroatoms. The largest absolute Gasteiger partial charge is 0.0891 e. The first kappa shape index (κ1) is 16.6.